The Hall–Kier alpha value is -1.84. The van der Waals surface area contributed by atoms with Gasteiger partial charge < -0.3 is 30.0 Å². The van der Waals surface area contributed by atoms with Crippen molar-refractivity contribution in [2.24, 2.45) is 11.6 Å². The first kappa shape index (κ1) is 65.2. The van der Waals surface area contributed by atoms with Crippen LogP contribution < -0.4 is 11.6 Å². The van der Waals surface area contributed by atoms with Crippen LogP contribution >= 0.6 is 0 Å². The molecule has 0 rings (SSSR count). The van der Waals surface area contributed by atoms with E-state index in [0.29, 0.717) is 12.8 Å². The first-order valence-electron chi connectivity index (χ1n) is 29.4. The molecule has 0 saturated carbocycles. The molecule has 0 aliphatic rings. The number of rotatable bonds is 53. The molecule has 0 amide bonds. The van der Waals surface area contributed by atoms with Crippen molar-refractivity contribution in [1.82, 2.24) is 14.8 Å². The molecular formula is C58H117N5O4. The summed E-state index contributed by atoms with van der Waals surface area (Å²) in [6.07, 6.45) is 49.8. The molecule has 4 N–H and O–H groups in total. The van der Waals surface area contributed by atoms with Gasteiger partial charge in [-0.25, -0.2) is 5.84 Å². The second kappa shape index (κ2) is 50.5. The SMILES string of the molecule is CCCCCCCCC(CCCCCCCC)OC(=O)CCCCCCCN(CCCCCCCC(=O)OC(CCCCCCCC)CCCCCCCC)CC/C(N)=C/N(N)CCN(C)C. The van der Waals surface area contributed by atoms with Crippen molar-refractivity contribution in [3.63, 3.8) is 0 Å². The van der Waals surface area contributed by atoms with E-state index in [1.54, 1.807) is 5.01 Å². The Kier molecular flexibility index (Phi) is 49.2. The highest BCUT2D eigenvalue weighted by molar-refractivity contribution is 5.69. The average Bonchev–Trinajstić information content (AvgIpc) is 3.30. The molecular weight excluding hydrogens is 831 g/mol. The molecule has 9 heteroatoms. The Morgan fingerprint density at radius 2 is 0.716 bits per heavy atom. The van der Waals surface area contributed by atoms with Gasteiger partial charge in [0.15, 0.2) is 0 Å². The lowest BCUT2D eigenvalue weighted by molar-refractivity contribution is -0.151. The zero-order valence-corrected chi connectivity index (χ0v) is 45.9. The molecule has 398 valence electrons. The number of esters is 2. The van der Waals surface area contributed by atoms with Crippen LogP contribution in [0.15, 0.2) is 11.9 Å². The van der Waals surface area contributed by atoms with Gasteiger partial charge in [0.05, 0.1) is 0 Å². The summed E-state index contributed by atoms with van der Waals surface area (Å²) in [5.74, 6) is 6.25. The van der Waals surface area contributed by atoms with Crippen molar-refractivity contribution < 1.29 is 19.1 Å². The second-order valence-electron chi connectivity index (χ2n) is 20.8. The Bertz CT molecular complexity index is 993. The Labute approximate surface area is 417 Å². The lowest BCUT2D eigenvalue weighted by Crippen LogP contribution is -2.34. The Morgan fingerprint density at radius 3 is 1.06 bits per heavy atom. The van der Waals surface area contributed by atoms with Crippen molar-refractivity contribution in [2.75, 3.05) is 46.8 Å². The maximum absolute atomic E-state index is 12.9. The topological polar surface area (TPSA) is 114 Å². The third-order valence-electron chi connectivity index (χ3n) is 13.7. The number of likely N-dealkylation sites (N-methyl/N-ethyl adjacent to an activating group) is 1. The maximum atomic E-state index is 12.9. The number of hydrogen-bond acceptors (Lipinski definition) is 9. The molecule has 9 nitrogen and oxygen atoms in total. The van der Waals surface area contributed by atoms with Crippen molar-refractivity contribution in [3.8, 4) is 0 Å². The quantitative estimate of drug-likeness (QED) is 0.0266. The molecule has 0 aromatic heterocycles. The fourth-order valence-corrected chi connectivity index (χ4v) is 9.17. The molecule has 0 atom stereocenters. The first-order valence-corrected chi connectivity index (χ1v) is 29.4. The summed E-state index contributed by atoms with van der Waals surface area (Å²) in [4.78, 5) is 30.6. The van der Waals surface area contributed by atoms with Gasteiger partial charge in [0.2, 0.25) is 0 Å². The third-order valence-corrected chi connectivity index (χ3v) is 13.7. The van der Waals surface area contributed by atoms with Gasteiger partial charge in [0, 0.05) is 50.8 Å². The molecule has 0 radical (unpaired) electrons. The highest BCUT2D eigenvalue weighted by atomic mass is 16.5. The Morgan fingerprint density at radius 1 is 0.403 bits per heavy atom. The third kappa shape index (κ3) is 47.6. The van der Waals surface area contributed by atoms with Crippen molar-refractivity contribution in [2.45, 2.75) is 303 Å². The predicted molar refractivity (Wildman–Crippen MR) is 290 cm³/mol. The highest BCUT2D eigenvalue weighted by Crippen LogP contribution is 2.20. The number of nitrogens with zero attached hydrogens (tertiary/aromatic N) is 3. The second-order valence-corrected chi connectivity index (χ2v) is 20.8. The van der Waals surface area contributed by atoms with Crippen LogP contribution in [0.2, 0.25) is 0 Å². The van der Waals surface area contributed by atoms with E-state index in [1.165, 1.54) is 167 Å². The smallest absolute Gasteiger partial charge is 0.306 e. The van der Waals surface area contributed by atoms with E-state index in [0.717, 1.165) is 122 Å². The number of hydrogen-bond donors (Lipinski definition) is 2. The zero-order chi connectivity index (χ0) is 49.3. The van der Waals surface area contributed by atoms with Gasteiger partial charge in [0.25, 0.3) is 0 Å². The van der Waals surface area contributed by atoms with E-state index < -0.39 is 0 Å². The summed E-state index contributed by atoms with van der Waals surface area (Å²) in [7, 11) is 4.11. The van der Waals surface area contributed by atoms with Gasteiger partial charge in [-0.05, 0) is 104 Å². The summed E-state index contributed by atoms with van der Waals surface area (Å²) in [6.45, 7) is 13.7. The molecule has 67 heavy (non-hydrogen) atoms. The van der Waals surface area contributed by atoms with Crippen LogP contribution in [0.3, 0.4) is 0 Å². The summed E-state index contributed by atoms with van der Waals surface area (Å²) in [5.41, 5.74) is 7.29. The Balaban J connectivity index is 4.82. The number of ether oxygens (including phenoxy) is 2. The van der Waals surface area contributed by atoms with Crippen molar-refractivity contribution in [3.05, 3.63) is 11.9 Å². The van der Waals surface area contributed by atoms with Crippen LogP contribution in [0.1, 0.15) is 291 Å². The van der Waals surface area contributed by atoms with Crippen LogP contribution in [0.4, 0.5) is 0 Å². The maximum Gasteiger partial charge on any atom is 0.306 e. The minimum atomic E-state index is 0.0164. The fourth-order valence-electron chi connectivity index (χ4n) is 9.17. The van der Waals surface area contributed by atoms with E-state index >= 15 is 0 Å². The summed E-state index contributed by atoms with van der Waals surface area (Å²) in [6, 6.07) is 0. The van der Waals surface area contributed by atoms with Gasteiger partial charge in [-0.1, -0.05) is 195 Å². The molecule has 0 aliphatic carbocycles. The number of carbonyl (C=O) groups excluding carboxylic acids is 2. The van der Waals surface area contributed by atoms with E-state index in [-0.39, 0.29) is 24.1 Å². The summed E-state index contributed by atoms with van der Waals surface area (Å²) >= 11 is 0. The zero-order valence-electron chi connectivity index (χ0n) is 45.9. The molecule has 0 saturated heterocycles. The van der Waals surface area contributed by atoms with Gasteiger partial charge in [-0.2, -0.15) is 0 Å². The number of hydrazine groups is 1. The number of carbonyl (C=O) groups is 2. The van der Waals surface area contributed by atoms with E-state index in [1.807, 2.05) is 6.20 Å². The lowest BCUT2D eigenvalue weighted by atomic mass is 10.0. The monoisotopic (exact) mass is 948 g/mol. The molecule has 0 aromatic rings. The molecule has 0 aliphatic heterocycles. The van der Waals surface area contributed by atoms with Crippen LogP contribution in [-0.2, 0) is 19.1 Å². The van der Waals surface area contributed by atoms with E-state index in [4.69, 9.17) is 21.1 Å². The van der Waals surface area contributed by atoms with E-state index in [9.17, 15) is 9.59 Å². The lowest BCUT2D eigenvalue weighted by Gasteiger charge is -2.23. The molecule has 0 unspecified atom stereocenters. The van der Waals surface area contributed by atoms with Gasteiger partial charge in [-0.3, -0.25) is 9.59 Å². The largest absolute Gasteiger partial charge is 0.462 e. The van der Waals surface area contributed by atoms with Gasteiger partial charge in [-0.15, -0.1) is 0 Å². The number of nitrogens with two attached hydrogens (primary N) is 2. The highest BCUT2D eigenvalue weighted by Gasteiger charge is 2.16. The van der Waals surface area contributed by atoms with Crippen LogP contribution in [0, 0.1) is 0 Å². The summed E-state index contributed by atoms with van der Waals surface area (Å²) < 4.78 is 12.2. The molecule has 0 fully saturated rings. The minimum Gasteiger partial charge on any atom is -0.462 e. The van der Waals surface area contributed by atoms with E-state index in [2.05, 4.69) is 51.6 Å². The minimum absolute atomic E-state index is 0.0164. The summed E-state index contributed by atoms with van der Waals surface area (Å²) in [5, 5.41) is 1.71. The molecule has 0 aromatic carbocycles. The molecule has 0 bridgehead atoms. The van der Waals surface area contributed by atoms with Crippen LogP contribution in [0.5, 0.6) is 0 Å². The predicted octanol–water partition coefficient (Wildman–Crippen LogP) is 15.7. The standard InChI is InChI=1S/C58H117N5O4/c1-7-11-15-19-25-33-41-55(42-34-26-20-16-12-8-2)66-57(64)45-37-29-23-31-39-48-62(50-47-54(59)53-63(60)52-51-61(5)6)49-40-32-24-30-38-46-58(65)67-56(43-35-27-21-17-13-9-3)44-36-28-22-18-14-10-4/h53,55-56H,7-52,59-60H2,1-6H3/b54-53-. The fraction of sp³-hybridized carbons (Fsp3) is 0.931. The van der Waals surface area contributed by atoms with Crippen molar-refractivity contribution in [1.29, 1.82) is 0 Å². The first-order chi connectivity index (χ1) is 32.6. The van der Waals surface area contributed by atoms with Crippen LogP contribution in [-0.4, -0.2) is 85.8 Å². The van der Waals surface area contributed by atoms with Crippen molar-refractivity contribution >= 4 is 11.9 Å². The van der Waals surface area contributed by atoms with Gasteiger partial charge >= 0.3 is 11.9 Å². The normalized spacial score (nSPS) is 12.1. The molecule has 0 heterocycles. The van der Waals surface area contributed by atoms with Gasteiger partial charge in [0.1, 0.15) is 12.2 Å². The average molecular weight is 949 g/mol. The molecule has 0 spiro atoms. The number of unbranched alkanes of at least 4 members (excludes halogenated alkanes) is 28. The van der Waals surface area contributed by atoms with Crippen LogP contribution in [0.25, 0.3) is 0 Å².